The largest absolute Gasteiger partial charge is 0.436 e. The number of halogens is 3. The van der Waals surface area contributed by atoms with Crippen LogP contribution in [0.1, 0.15) is 16.7 Å². The minimum absolute atomic E-state index is 0.291. The standard InChI is InChI=1S/C25H16F3NO2S2/c26-25(27,28)18-6-4-15(5-7-18)24-29-21-3-1-2-17(23(21)31-24)14-32-19-8-9-20-16(10-11-30)13-33-22(20)12-19/h1-9,11-13H,10,14H2. The van der Waals surface area contributed by atoms with E-state index in [2.05, 4.69) is 11.1 Å². The molecule has 0 radical (unpaired) electrons. The number of thiophene rings is 1. The molecule has 0 unspecified atom stereocenters. The summed E-state index contributed by atoms with van der Waals surface area (Å²) in [6, 6.07) is 16.7. The molecule has 3 aromatic carbocycles. The van der Waals surface area contributed by atoms with E-state index in [0.717, 1.165) is 44.5 Å². The maximum Gasteiger partial charge on any atom is 0.416 e. The zero-order valence-corrected chi connectivity index (χ0v) is 18.7. The average molecular weight is 484 g/mol. The Morgan fingerprint density at radius 1 is 1.03 bits per heavy atom. The Morgan fingerprint density at radius 2 is 1.85 bits per heavy atom. The minimum Gasteiger partial charge on any atom is -0.436 e. The first kappa shape index (κ1) is 21.7. The van der Waals surface area contributed by atoms with Crippen molar-refractivity contribution in [1.29, 1.82) is 0 Å². The molecule has 0 atom stereocenters. The van der Waals surface area contributed by atoms with Crippen LogP contribution in [-0.4, -0.2) is 11.3 Å². The zero-order chi connectivity index (χ0) is 23.0. The quantitative estimate of drug-likeness (QED) is 0.183. The first-order valence-corrected chi connectivity index (χ1v) is 11.9. The van der Waals surface area contributed by atoms with Crippen molar-refractivity contribution in [2.24, 2.45) is 0 Å². The molecular formula is C25H16F3NO2S2. The third-order valence-electron chi connectivity index (χ3n) is 5.28. The molecule has 0 N–H and O–H groups in total. The van der Waals surface area contributed by atoms with Crippen LogP contribution in [-0.2, 0) is 23.1 Å². The number of aldehydes is 1. The maximum atomic E-state index is 12.8. The van der Waals surface area contributed by atoms with Crippen molar-refractivity contribution in [3.05, 3.63) is 82.7 Å². The molecule has 0 saturated heterocycles. The van der Waals surface area contributed by atoms with Crippen molar-refractivity contribution >= 4 is 50.6 Å². The van der Waals surface area contributed by atoms with Gasteiger partial charge in [0.1, 0.15) is 11.8 Å². The van der Waals surface area contributed by atoms with E-state index in [1.54, 1.807) is 23.1 Å². The number of para-hydroxylation sites is 1. The van der Waals surface area contributed by atoms with Gasteiger partial charge in [0, 0.05) is 32.9 Å². The number of carbonyl (C=O) groups excluding carboxylic acids is 1. The number of hydrogen-bond donors (Lipinski definition) is 0. The summed E-state index contributed by atoms with van der Waals surface area (Å²) in [5, 5.41) is 3.13. The van der Waals surface area contributed by atoms with Crippen molar-refractivity contribution in [3.63, 3.8) is 0 Å². The second kappa shape index (κ2) is 8.68. The second-order valence-electron chi connectivity index (χ2n) is 7.44. The van der Waals surface area contributed by atoms with Gasteiger partial charge < -0.3 is 9.21 Å². The molecule has 5 rings (SSSR count). The fraction of sp³-hybridized carbons (Fsp3) is 0.120. The summed E-state index contributed by atoms with van der Waals surface area (Å²) in [4.78, 5) is 16.4. The van der Waals surface area contributed by atoms with Crippen molar-refractivity contribution in [1.82, 2.24) is 4.98 Å². The van der Waals surface area contributed by atoms with Crippen LogP contribution < -0.4 is 0 Å². The molecule has 166 valence electrons. The first-order chi connectivity index (χ1) is 15.9. The van der Waals surface area contributed by atoms with Crippen molar-refractivity contribution in [2.45, 2.75) is 23.2 Å². The van der Waals surface area contributed by atoms with Gasteiger partial charge in [-0.05, 0) is 58.8 Å². The summed E-state index contributed by atoms with van der Waals surface area (Å²) in [5.74, 6) is 0.940. The van der Waals surface area contributed by atoms with Crippen LogP contribution in [0, 0.1) is 0 Å². The van der Waals surface area contributed by atoms with Crippen LogP contribution in [0.2, 0.25) is 0 Å². The molecule has 0 saturated carbocycles. The third-order valence-corrected chi connectivity index (χ3v) is 7.32. The Morgan fingerprint density at radius 3 is 2.61 bits per heavy atom. The molecule has 8 heteroatoms. The lowest BCUT2D eigenvalue weighted by molar-refractivity contribution is -0.137. The van der Waals surface area contributed by atoms with E-state index < -0.39 is 11.7 Å². The fourth-order valence-electron chi connectivity index (χ4n) is 3.61. The molecule has 5 aromatic rings. The third kappa shape index (κ3) is 4.41. The van der Waals surface area contributed by atoms with Gasteiger partial charge >= 0.3 is 6.18 Å². The van der Waals surface area contributed by atoms with Crippen LogP contribution in [0.25, 0.3) is 32.6 Å². The molecule has 0 aliphatic carbocycles. The number of rotatable bonds is 6. The topological polar surface area (TPSA) is 43.1 Å². The monoisotopic (exact) mass is 483 g/mol. The summed E-state index contributed by atoms with van der Waals surface area (Å²) in [6.07, 6.45) is -3.05. The highest BCUT2D eigenvalue weighted by Crippen LogP contribution is 2.35. The van der Waals surface area contributed by atoms with Crippen LogP contribution in [0.4, 0.5) is 13.2 Å². The molecule has 2 heterocycles. The fourth-order valence-corrected chi connectivity index (χ4v) is 5.61. The van der Waals surface area contributed by atoms with Crippen molar-refractivity contribution < 1.29 is 22.4 Å². The van der Waals surface area contributed by atoms with E-state index >= 15 is 0 Å². The minimum atomic E-state index is -4.38. The number of aromatic nitrogens is 1. The molecule has 0 bridgehead atoms. The van der Waals surface area contributed by atoms with Crippen LogP contribution >= 0.6 is 23.1 Å². The van der Waals surface area contributed by atoms with Gasteiger partial charge in [-0.2, -0.15) is 13.2 Å². The lowest BCUT2D eigenvalue weighted by atomic mass is 10.1. The van der Waals surface area contributed by atoms with Gasteiger partial charge in [-0.1, -0.05) is 18.2 Å². The highest BCUT2D eigenvalue weighted by molar-refractivity contribution is 7.98. The van der Waals surface area contributed by atoms with E-state index in [9.17, 15) is 18.0 Å². The Bertz CT molecular complexity index is 1450. The molecule has 0 spiro atoms. The van der Waals surface area contributed by atoms with Crippen LogP contribution in [0.3, 0.4) is 0 Å². The number of hydrogen-bond acceptors (Lipinski definition) is 5. The van der Waals surface area contributed by atoms with Gasteiger partial charge in [0.15, 0.2) is 5.58 Å². The summed E-state index contributed by atoms with van der Waals surface area (Å²) in [7, 11) is 0. The molecule has 0 aliphatic rings. The average Bonchev–Trinajstić information content (AvgIpc) is 3.42. The lowest BCUT2D eigenvalue weighted by Crippen LogP contribution is -2.03. The molecule has 33 heavy (non-hydrogen) atoms. The molecular weight excluding hydrogens is 467 g/mol. The van der Waals surface area contributed by atoms with Gasteiger partial charge in [0.2, 0.25) is 5.89 Å². The number of carbonyl (C=O) groups is 1. The summed E-state index contributed by atoms with van der Waals surface area (Å²) in [6.45, 7) is 0. The predicted octanol–water partition coefficient (Wildman–Crippen LogP) is 7.76. The first-order valence-electron chi connectivity index (χ1n) is 10.0. The van der Waals surface area contributed by atoms with Gasteiger partial charge in [0.25, 0.3) is 0 Å². The number of benzene rings is 3. The molecule has 0 amide bonds. The maximum absolute atomic E-state index is 12.8. The van der Waals surface area contributed by atoms with Crippen LogP contribution in [0.5, 0.6) is 0 Å². The number of thioether (sulfide) groups is 1. The Labute approximate surface area is 195 Å². The molecule has 2 aromatic heterocycles. The smallest absolute Gasteiger partial charge is 0.416 e. The summed E-state index contributed by atoms with van der Waals surface area (Å²) < 4.78 is 45.6. The number of alkyl halides is 3. The zero-order valence-electron chi connectivity index (χ0n) is 17.1. The van der Waals surface area contributed by atoms with Gasteiger partial charge in [-0.25, -0.2) is 4.98 Å². The Balaban J connectivity index is 1.38. The second-order valence-corrected chi connectivity index (χ2v) is 9.40. The van der Waals surface area contributed by atoms with Crippen molar-refractivity contribution in [2.75, 3.05) is 0 Å². The normalized spacial score (nSPS) is 12.0. The highest BCUT2D eigenvalue weighted by Gasteiger charge is 2.30. The number of oxazole rings is 1. The van der Waals surface area contributed by atoms with Crippen LogP contribution in [0.15, 0.2) is 75.4 Å². The Kier molecular flexibility index (Phi) is 5.72. The van der Waals surface area contributed by atoms with Gasteiger partial charge in [0.05, 0.1) is 5.56 Å². The van der Waals surface area contributed by atoms with Gasteiger partial charge in [-0.15, -0.1) is 23.1 Å². The summed E-state index contributed by atoms with van der Waals surface area (Å²) in [5.41, 5.74) is 3.08. The van der Waals surface area contributed by atoms with E-state index in [1.807, 2.05) is 35.7 Å². The SMILES string of the molecule is O=CCc1csc2cc(SCc3cccc4nc(-c5ccc(C(F)(F)F)cc5)oc34)ccc12. The van der Waals surface area contributed by atoms with Gasteiger partial charge in [-0.3, -0.25) is 0 Å². The number of fused-ring (bicyclic) bond motifs is 2. The van der Waals surface area contributed by atoms with E-state index in [0.29, 0.717) is 34.7 Å². The predicted molar refractivity (Wildman–Crippen MR) is 126 cm³/mol. The lowest BCUT2D eigenvalue weighted by Gasteiger charge is -2.06. The Hall–Kier alpha value is -3.10. The molecule has 0 aliphatic heterocycles. The van der Waals surface area contributed by atoms with E-state index in [-0.39, 0.29) is 0 Å². The van der Waals surface area contributed by atoms with E-state index in [4.69, 9.17) is 4.42 Å². The number of nitrogens with zero attached hydrogens (tertiary/aromatic N) is 1. The highest BCUT2D eigenvalue weighted by atomic mass is 32.2. The molecule has 0 fully saturated rings. The summed E-state index contributed by atoms with van der Waals surface area (Å²) >= 11 is 3.28. The van der Waals surface area contributed by atoms with Crippen molar-refractivity contribution in [3.8, 4) is 11.5 Å². The van der Waals surface area contributed by atoms with E-state index in [1.165, 1.54) is 12.1 Å². The molecule has 3 nitrogen and oxygen atoms in total.